The lowest BCUT2D eigenvalue weighted by atomic mass is 10.2. The Morgan fingerprint density at radius 2 is 1.95 bits per heavy atom. The van der Waals surface area contributed by atoms with Crippen LogP contribution in [0.3, 0.4) is 0 Å². The molecule has 100 valence electrons. The fraction of sp³-hybridized carbons (Fsp3) is 0.133. The van der Waals surface area contributed by atoms with Crippen molar-refractivity contribution in [3.8, 4) is 6.07 Å². The van der Waals surface area contributed by atoms with Gasteiger partial charge in [0.15, 0.2) is 0 Å². The summed E-state index contributed by atoms with van der Waals surface area (Å²) in [6.07, 6.45) is 1.50. The summed E-state index contributed by atoms with van der Waals surface area (Å²) in [5, 5.41) is 14.5. The van der Waals surface area contributed by atoms with Gasteiger partial charge in [0.1, 0.15) is 11.9 Å². The van der Waals surface area contributed by atoms with Gasteiger partial charge in [0.2, 0.25) is 0 Å². The fourth-order valence-electron chi connectivity index (χ4n) is 1.62. The summed E-state index contributed by atoms with van der Waals surface area (Å²) in [5.74, 6) is 0.582. The van der Waals surface area contributed by atoms with Crippen molar-refractivity contribution < 1.29 is 4.79 Å². The molecule has 20 heavy (non-hydrogen) atoms. The molecule has 0 saturated heterocycles. The van der Waals surface area contributed by atoms with E-state index in [9.17, 15) is 4.79 Å². The minimum absolute atomic E-state index is 0.0970. The molecule has 0 aliphatic rings. The number of aromatic nitrogens is 1. The highest BCUT2D eigenvalue weighted by Crippen LogP contribution is 2.03. The van der Waals surface area contributed by atoms with Gasteiger partial charge in [-0.1, -0.05) is 18.2 Å². The first-order chi connectivity index (χ1) is 9.79. The molecule has 0 spiro atoms. The molecule has 0 aliphatic heterocycles. The van der Waals surface area contributed by atoms with E-state index in [-0.39, 0.29) is 5.91 Å². The van der Waals surface area contributed by atoms with Crippen molar-refractivity contribution in [3.63, 3.8) is 0 Å². The van der Waals surface area contributed by atoms with Crippen LogP contribution in [0.5, 0.6) is 0 Å². The molecule has 0 fully saturated rings. The van der Waals surface area contributed by atoms with Gasteiger partial charge in [0.05, 0.1) is 5.56 Å². The van der Waals surface area contributed by atoms with E-state index in [2.05, 4.69) is 15.6 Å². The van der Waals surface area contributed by atoms with Crippen LogP contribution in [0.4, 0.5) is 5.82 Å². The largest absolute Gasteiger partial charge is 0.368 e. The average molecular weight is 266 g/mol. The van der Waals surface area contributed by atoms with Crippen molar-refractivity contribution in [2.45, 2.75) is 0 Å². The number of hydrogen-bond acceptors (Lipinski definition) is 4. The van der Waals surface area contributed by atoms with E-state index in [0.717, 1.165) is 0 Å². The van der Waals surface area contributed by atoms with Crippen molar-refractivity contribution in [2.75, 3.05) is 18.4 Å². The average Bonchev–Trinajstić information content (AvgIpc) is 2.53. The van der Waals surface area contributed by atoms with Crippen LogP contribution >= 0.6 is 0 Å². The van der Waals surface area contributed by atoms with Gasteiger partial charge < -0.3 is 10.6 Å². The molecule has 2 N–H and O–H groups in total. The zero-order valence-corrected chi connectivity index (χ0v) is 10.8. The van der Waals surface area contributed by atoms with E-state index in [1.165, 1.54) is 6.20 Å². The molecule has 1 amide bonds. The third-order valence-electron chi connectivity index (χ3n) is 2.65. The number of nitrogens with one attached hydrogen (secondary N) is 2. The maximum Gasteiger partial charge on any atom is 0.251 e. The van der Waals surface area contributed by atoms with Crippen LogP contribution in [0.1, 0.15) is 15.9 Å². The standard InChI is InChI=1S/C15H14N4O/c16-10-12-6-7-14(19-11-12)17-8-9-18-15(20)13-4-2-1-3-5-13/h1-7,11H,8-9H2,(H,17,19)(H,18,20). The van der Waals surface area contributed by atoms with Gasteiger partial charge in [-0.2, -0.15) is 5.26 Å². The summed E-state index contributed by atoms with van der Waals surface area (Å²) < 4.78 is 0. The molecule has 0 radical (unpaired) electrons. The summed E-state index contributed by atoms with van der Waals surface area (Å²) in [6.45, 7) is 1.06. The second kappa shape index (κ2) is 6.90. The SMILES string of the molecule is N#Cc1ccc(NCCNC(=O)c2ccccc2)nc1. The van der Waals surface area contributed by atoms with Gasteiger partial charge in [0, 0.05) is 24.8 Å². The highest BCUT2D eigenvalue weighted by atomic mass is 16.1. The molecule has 1 aromatic carbocycles. The predicted octanol–water partition coefficient (Wildman–Crippen LogP) is 1.80. The Bertz CT molecular complexity index is 602. The van der Waals surface area contributed by atoms with Gasteiger partial charge in [-0.3, -0.25) is 4.79 Å². The highest BCUT2D eigenvalue weighted by molar-refractivity contribution is 5.94. The smallest absolute Gasteiger partial charge is 0.251 e. The van der Waals surface area contributed by atoms with E-state index in [1.807, 2.05) is 24.3 Å². The highest BCUT2D eigenvalue weighted by Gasteiger charge is 2.02. The van der Waals surface area contributed by atoms with Gasteiger partial charge in [0.25, 0.3) is 5.91 Å². The summed E-state index contributed by atoms with van der Waals surface area (Å²) in [6, 6.07) is 14.5. The number of pyridine rings is 1. The van der Waals surface area contributed by atoms with Crippen LogP contribution in [0.15, 0.2) is 48.7 Å². The van der Waals surface area contributed by atoms with E-state index < -0.39 is 0 Å². The molecule has 0 aliphatic carbocycles. The lowest BCUT2D eigenvalue weighted by molar-refractivity contribution is 0.0955. The lowest BCUT2D eigenvalue weighted by Crippen LogP contribution is -2.28. The molecule has 5 heteroatoms. The monoisotopic (exact) mass is 266 g/mol. The molecule has 0 saturated carbocycles. The second-order valence-electron chi connectivity index (χ2n) is 4.09. The Labute approximate surface area is 117 Å². The molecule has 0 bridgehead atoms. The molecule has 2 aromatic rings. The topological polar surface area (TPSA) is 77.8 Å². The van der Waals surface area contributed by atoms with Crippen LogP contribution in [-0.2, 0) is 0 Å². The Kier molecular flexibility index (Phi) is 4.68. The molecule has 0 atom stereocenters. The maximum absolute atomic E-state index is 11.7. The van der Waals surface area contributed by atoms with E-state index >= 15 is 0 Å². The molecule has 1 heterocycles. The van der Waals surface area contributed by atoms with Gasteiger partial charge in [-0.05, 0) is 24.3 Å². The van der Waals surface area contributed by atoms with Crippen molar-refractivity contribution in [2.24, 2.45) is 0 Å². The zero-order valence-electron chi connectivity index (χ0n) is 10.8. The fourth-order valence-corrected chi connectivity index (χ4v) is 1.62. The van der Waals surface area contributed by atoms with Crippen LogP contribution < -0.4 is 10.6 Å². The quantitative estimate of drug-likeness (QED) is 0.809. The number of nitriles is 1. The number of benzene rings is 1. The summed E-state index contributed by atoms with van der Waals surface area (Å²) in [7, 11) is 0. The summed E-state index contributed by atoms with van der Waals surface area (Å²) in [5.41, 5.74) is 1.16. The number of carbonyl (C=O) groups is 1. The van der Waals surface area contributed by atoms with Crippen LogP contribution in [-0.4, -0.2) is 24.0 Å². The van der Waals surface area contributed by atoms with Crippen molar-refractivity contribution in [1.82, 2.24) is 10.3 Å². The van der Waals surface area contributed by atoms with E-state index in [1.54, 1.807) is 24.3 Å². The summed E-state index contributed by atoms with van der Waals surface area (Å²) >= 11 is 0. The number of anilines is 1. The Morgan fingerprint density at radius 1 is 1.15 bits per heavy atom. The van der Waals surface area contributed by atoms with Gasteiger partial charge >= 0.3 is 0 Å². The molecule has 1 aromatic heterocycles. The second-order valence-corrected chi connectivity index (χ2v) is 4.09. The van der Waals surface area contributed by atoms with E-state index in [4.69, 9.17) is 5.26 Å². The molecule has 5 nitrogen and oxygen atoms in total. The molecular formula is C15H14N4O. The first-order valence-electron chi connectivity index (χ1n) is 6.23. The van der Waals surface area contributed by atoms with Gasteiger partial charge in [-0.15, -0.1) is 0 Å². The molecule has 2 rings (SSSR count). The third-order valence-corrected chi connectivity index (χ3v) is 2.65. The number of carbonyl (C=O) groups excluding carboxylic acids is 1. The van der Waals surface area contributed by atoms with Crippen molar-refractivity contribution in [1.29, 1.82) is 5.26 Å². The molecular weight excluding hydrogens is 252 g/mol. The Balaban J connectivity index is 1.74. The van der Waals surface area contributed by atoms with Gasteiger partial charge in [-0.25, -0.2) is 4.98 Å². The number of amides is 1. The van der Waals surface area contributed by atoms with Crippen LogP contribution in [0.25, 0.3) is 0 Å². The van der Waals surface area contributed by atoms with E-state index in [0.29, 0.717) is 30.0 Å². The van der Waals surface area contributed by atoms with Crippen molar-refractivity contribution >= 4 is 11.7 Å². The minimum atomic E-state index is -0.0970. The lowest BCUT2D eigenvalue weighted by Gasteiger charge is -2.07. The first kappa shape index (κ1) is 13.6. The number of rotatable bonds is 5. The number of hydrogen-bond donors (Lipinski definition) is 2. The summed E-state index contributed by atoms with van der Waals surface area (Å²) in [4.78, 5) is 15.8. The number of nitrogens with zero attached hydrogens (tertiary/aromatic N) is 2. The third kappa shape index (κ3) is 3.82. The Morgan fingerprint density at radius 3 is 2.60 bits per heavy atom. The normalized spacial score (nSPS) is 9.55. The first-order valence-corrected chi connectivity index (χ1v) is 6.23. The Hall–Kier alpha value is -2.87. The predicted molar refractivity (Wildman–Crippen MR) is 76.2 cm³/mol. The van der Waals surface area contributed by atoms with Crippen molar-refractivity contribution in [3.05, 3.63) is 59.8 Å². The molecule has 0 unspecified atom stereocenters. The van der Waals surface area contributed by atoms with Crippen LogP contribution in [0, 0.1) is 11.3 Å². The minimum Gasteiger partial charge on any atom is -0.368 e. The maximum atomic E-state index is 11.7. The zero-order chi connectivity index (χ0) is 14.2. The van der Waals surface area contributed by atoms with Crippen LogP contribution in [0.2, 0.25) is 0 Å².